The van der Waals surface area contributed by atoms with Crippen LogP contribution in [0.15, 0.2) is 40.9 Å². The molecule has 0 saturated heterocycles. The molecule has 21 heavy (non-hydrogen) atoms. The summed E-state index contributed by atoms with van der Waals surface area (Å²) >= 11 is 6.76. The molecule has 0 unspecified atom stereocenters. The number of alkyl halides is 1. The summed E-state index contributed by atoms with van der Waals surface area (Å²) in [4.78, 5) is 10.5. The smallest absolute Gasteiger partial charge is 0.314 e. The Labute approximate surface area is 138 Å². The van der Waals surface area contributed by atoms with Crippen molar-refractivity contribution in [3.8, 4) is 17.2 Å². The predicted octanol–water partition coefficient (Wildman–Crippen LogP) is 5.05. The molecule has 0 aliphatic heterocycles. The van der Waals surface area contributed by atoms with Gasteiger partial charge in [-0.05, 0) is 24.3 Å². The summed E-state index contributed by atoms with van der Waals surface area (Å²) in [7, 11) is 1.39. The molecule has 0 radical (unpaired) electrons. The summed E-state index contributed by atoms with van der Waals surface area (Å²) in [6.45, 7) is 0. The molecule has 0 saturated carbocycles. The Morgan fingerprint density at radius 3 is 2.57 bits per heavy atom. The van der Waals surface area contributed by atoms with Crippen LogP contribution in [0.5, 0.6) is 17.2 Å². The summed E-state index contributed by atoms with van der Waals surface area (Å²) in [5.41, 5.74) is 0.807. The second kappa shape index (κ2) is 6.91. The van der Waals surface area contributed by atoms with Gasteiger partial charge in [-0.2, -0.15) is 0 Å². The fourth-order valence-corrected chi connectivity index (χ4v) is 2.54. The van der Waals surface area contributed by atoms with Crippen molar-refractivity contribution in [2.24, 2.45) is 0 Å². The standard InChI is InChI=1S/C14H11Br2NO4/c1-20-13-5-4-11(7-12(13)17(18)19)21-14-6-10(16)3-2-9(14)8-15/h2-7H,8H2,1H3. The summed E-state index contributed by atoms with van der Waals surface area (Å²) in [6, 6.07) is 10.1. The number of halogens is 2. The van der Waals surface area contributed by atoms with E-state index in [4.69, 9.17) is 9.47 Å². The van der Waals surface area contributed by atoms with Gasteiger partial charge in [0.15, 0.2) is 5.75 Å². The van der Waals surface area contributed by atoms with Crippen LogP contribution < -0.4 is 9.47 Å². The van der Waals surface area contributed by atoms with Crippen LogP contribution >= 0.6 is 31.9 Å². The third kappa shape index (κ3) is 3.74. The minimum atomic E-state index is -0.502. The van der Waals surface area contributed by atoms with Crippen LogP contribution in [0.3, 0.4) is 0 Å². The third-order valence-electron chi connectivity index (χ3n) is 2.75. The normalized spacial score (nSPS) is 10.2. The molecule has 0 aromatic heterocycles. The van der Waals surface area contributed by atoms with E-state index >= 15 is 0 Å². The van der Waals surface area contributed by atoms with Gasteiger partial charge in [-0.1, -0.05) is 37.9 Å². The van der Waals surface area contributed by atoms with Crippen molar-refractivity contribution in [2.45, 2.75) is 5.33 Å². The first-order valence-corrected chi connectivity index (χ1v) is 7.81. The zero-order valence-electron chi connectivity index (χ0n) is 11.0. The lowest BCUT2D eigenvalue weighted by molar-refractivity contribution is -0.385. The number of benzene rings is 2. The maximum atomic E-state index is 11.0. The molecule has 0 N–H and O–H groups in total. The number of rotatable bonds is 5. The molecule has 0 spiro atoms. The monoisotopic (exact) mass is 415 g/mol. The van der Waals surface area contributed by atoms with Crippen LogP contribution in [0.25, 0.3) is 0 Å². The van der Waals surface area contributed by atoms with Gasteiger partial charge in [0.25, 0.3) is 0 Å². The van der Waals surface area contributed by atoms with E-state index in [9.17, 15) is 10.1 Å². The lowest BCUT2D eigenvalue weighted by Crippen LogP contribution is -1.95. The van der Waals surface area contributed by atoms with Gasteiger partial charge >= 0.3 is 5.69 Å². The van der Waals surface area contributed by atoms with Gasteiger partial charge in [0.05, 0.1) is 18.1 Å². The predicted molar refractivity (Wildman–Crippen MR) is 86.5 cm³/mol. The summed E-state index contributed by atoms with van der Waals surface area (Å²) in [5.74, 6) is 1.20. The van der Waals surface area contributed by atoms with Crippen LogP contribution in [0, 0.1) is 10.1 Å². The second-order valence-electron chi connectivity index (χ2n) is 4.08. The van der Waals surface area contributed by atoms with Crippen LogP contribution in [0.1, 0.15) is 5.56 Å². The average molecular weight is 417 g/mol. The number of methoxy groups -OCH3 is 1. The van der Waals surface area contributed by atoms with Crippen molar-refractivity contribution in [1.29, 1.82) is 0 Å². The molecule has 110 valence electrons. The average Bonchev–Trinajstić information content (AvgIpc) is 2.47. The molecular weight excluding hydrogens is 406 g/mol. The Bertz CT molecular complexity index is 676. The zero-order valence-corrected chi connectivity index (χ0v) is 14.2. The van der Waals surface area contributed by atoms with Gasteiger partial charge in [0.2, 0.25) is 0 Å². The summed E-state index contributed by atoms with van der Waals surface area (Å²) < 4.78 is 11.6. The Morgan fingerprint density at radius 2 is 1.95 bits per heavy atom. The number of hydrogen-bond acceptors (Lipinski definition) is 4. The highest BCUT2D eigenvalue weighted by Crippen LogP contribution is 2.35. The van der Waals surface area contributed by atoms with Crippen molar-refractivity contribution < 1.29 is 14.4 Å². The van der Waals surface area contributed by atoms with Gasteiger partial charge in [0, 0.05) is 15.4 Å². The van der Waals surface area contributed by atoms with Crippen molar-refractivity contribution in [3.05, 3.63) is 56.5 Å². The second-order valence-corrected chi connectivity index (χ2v) is 5.55. The SMILES string of the molecule is COc1ccc(Oc2cc(Br)ccc2CBr)cc1[N+](=O)[O-]. The lowest BCUT2D eigenvalue weighted by Gasteiger charge is -2.11. The van der Waals surface area contributed by atoms with E-state index < -0.39 is 4.92 Å². The highest BCUT2D eigenvalue weighted by molar-refractivity contribution is 9.10. The van der Waals surface area contributed by atoms with E-state index in [1.165, 1.54) is 19.2 Å². The molecule has 0 atom stereocenters. The molecule has 0 aliphatic rings. The third-order valence-corrected chi connectivity index (χ3v) is 3.85. The fraction of sp³-hybridized carbons (Fsp3) is 0.143. The maximum Gasteiger partial charge on any atom is 0.314 e. The first-order chi connectivity index (χ1) is 10.0. The minimum Gasteiger partial charge on any atom is -0.490 e. The van der Waals surface area contributed by atoms with Gasteiger partial charge in [-0.15, -0.1) is 0 Å². The molecule has 0 heterocycles. The zero-order chi connectivity index (χ0) is 15.4. The minimum absolute atomic E-state index is 0.134. The summed E-state index contributed by atoms with van der Waals surface area (Å²) in [5, 5.41) is 11.6. The van der Waals surface area contributed by atoms with Crippen LogP contribution in [0.4, 0.5) is 5.69 Å². The Balaban J connectivity index is 2.38. The fourth-order valence-electron chi connectivity index (χ4n) is 1.74. The number of ether oxygens (including phenoxy) is 2. The molecule has 2 rings (SSSR count). The van der Waals surface area contributed by atoms with Crippen molar-refractivity contribution in [2.75, 3.05) is 7.11 Å². The number of nitrogens with zero attached hydrogens (tertiary/aromatic N) is 1. The molecule has 0 fully saturated rings. The van der Waals surface area contributed by atoms with Gasteiger partial charge in [0.1, 0.15) is 11.5 Å². The van der Waals surface area contributed by atoms with E-state index in [2.05, 4.69) is 31.9 Å². The molecule has 0 amide bonds. The Kier molecular flexibility index (Phi) is 5.19. The molecule has 7 heteroatoms. The highest BCUT2D eigenvalue weighted by Gasteiger charge is 2.16. The molecule has 0 aliphatic carbocycles. The van der Waals surface area contributed by atoms with Gasteiger partial charge in [-0.25, -0.2) is 0 Å². The van der Waals surface area contributed by atoms with Crippen molar-refractivity contribution in [1.82, 2.24) is 0 Å². The topological polar surface area (TPSA) is 61.6 Å². The van der Waals surface area contributed by atoms with E-state index in [0.717, 1.165) is 10.0 Å². The van der Waals surface area contributed by atoms with E-state index in [0.29, 0.717) is 16.8 Å². The first kappa shape index (κ1) is 15.8. The molecule has 2 aromatic rings. The highest BCUT2D eigenvalue weighted by atomic mass is 79.9. The summed E-state index contributed by atoms with van der Waals surface area (Å²) in [6.07, 6.45) is 0. The largest absolute Gasteiger partial charge is 0.490 e. The molecular formula is C14H11Br2NO4. The van der Waals surface area contributed by atoms with Crippen LogP contribution in [-0.2, 0) is 5.33 Å². The molecule has 5 nitrogen and oxygen atoms in total. The van der Waals surface area contributed by atoms with Gasteiger partial charge < -0.3 is 9.47 Å². The van der Waals surface area contributed by atoms with Gasteiger partial charge in [-0.3, -0.25) is 10.1 Å². The van der Waals surface area contributed by atoms with E-state index in [1.807, 2.05) is 18.2 Å². The number of nitro benzene ring substituents is 1. The quantitative estimate of drug-likeness (QED) is 0.388. The van der Waals surface area contributed by atoms with Crippen LogP contribution in [0.2, 0.25) is 0 Å². The number of nitro groups is 1. The number of hydrogen-bond donors (Lipinski definition) is 0. The van der Waals surface area contributed by atoms with Crippen molar-refractivity contribution in [3.63, 3.8) is 0 Å². The molecule has 2 aromatic carbocycles. The van der Waals surface area contributed by atoms with E-state index in [1.54, 1.807) is 6.07 Å². The van der Waals surface area contributed by atoms with Crippen molar-refractivity contribution >= 4 is 37.5 Å². The molecule has 0 bridgehead atoms. The lowest BCUT2D eigenvalue weighted by atomic mass is 10.2. The maximum absolute atomic E-state index is 11.0. The van der Waals surface area contributed by atoms with Crippen LogP contribution in [-0.4, -0.2) is 12.0 Å². The Morgan fingerprint density at radius 1 is 1.19 bits per heavy atom. The Hall–Kier alpha value is -1.60. The first-order valence-electron chi connectivity index (χ1n) is 5.90. The van der Waals surface area contributed by atoms with E-state index in [-0.39, 0.29) is 11.4 Å².